The predicted octanol–water partition coefficient (Wildman–Crippen LogP) is 2.71. The Labute approximate surface area is 127 Å². The molecule has 0 heterocycles. The van der Waals surface area contributed by atoms with Crippen molar-refractivity contribution in [2.45, 2.75) is 24.7 Å². The van der Waals surface area contributed by atoms with E-state index >= 15 is 0 Å². The number of thiocarbonyl (C=S) groups is 1. The van der Waals surface area contributed by atoms with Crippen molar-refractivity contribution in [3.63, 3.8) is 0 Å². The molecule has 106 valence electrons. The van der Waals surface area contributed by atoms with E-state index in [4.69, 9.17) is 23.8 Å². The molecule has 0 saturated heterocycles. The number of hydrogen-bond donors (Lipinski definition) is 2. The van der Waals surface area contributed by atoms with Crippen molar-refractivity contribution in [3.05, 3.63) is 29.3 Å². The minimum Gasteiger partial charge on any atom is -0.363 e. The monoisotopic (exact) mass is 318 g/mol. The van der Waals surface area contributed by atoms with Crippen LogP contribution in [0.1, 0.15) is 19.8 Å². The molecule has 0 bridgehead atoms. The fourth-order valence-corrected chi connectivity index (χ4v) is 3.00. The van der Waals surface area contributed by atoms with Crippen LogP contribution in [0.3, 0.4) is 0 Å². The largest absolute Gasteiger partial charge is 0.363 e. The zero-order valence-electron chi connectivity index (χ0n) is 10.9. The molecule has 0 spiro atoms. The van der Waals surface area contributed by atoms with Crippen molar-refractivity contribution in [1.29, 1.82) is 0 Å². The van der Waals surface area contributed by atoms with Gasteiger partial charge < -0.3 is 10.6 Å². The third-order valence-electron chi connectivity index (χ3n) is 2.46. The predicted molar refractivity (Wildman–Crippen MR) is 86.2 cm³/mol. The zero-order valence-corrected chi connectivity index (χ0v) is 13.3. The Morgan fingerprint density at radius 1 is 1.26 bits per heavy atom. The fraction of sp³-hybridized carbons (Fsp3) is 0.462. The Balaban J connectivity index is 2.17. The second kappa shape index (κ2) is 9.28. The van der Waals surface area contributed by atoms with Crippen LogP contribution in [0.15, 0.2) is 29.2 Å². The molecule has 0 fully saturated rings. The second-order valence-corrected chi connectivity index (χ2v) is 6.41. The van der Waals surface area contributed by atoms with E-state index < -0.39 is 10.8 Å². The summed E-state index contributed by atoms with van der Waals surface area (Å²) in [5, 5.41) is 7.48. The Hall–Kier alpha value is -0.650. The van der Waals surface area contributed by atoms with E-state index in [-0.39, 0.29) is 0 Å². The topological polar surface area (TPSA) is 41.1 Å². The Morgan fingerprint density at radius 3 is 2.58 bits per heavy atom. The first kappa shape index (κ1) is 16.4. The fourth-order valence-electron chi connectivity index (χ4n) is 1.49. The van der Waals surface area contributed by atoms with Gasteiger partial charge in [0.05, 0.1) is 10.8 Å². The molecule has 1 unspecified atom stereocenters. The highest BCUT2D eigenvalue weighted by Gasteiger charge is 2.03. The highest BCUT2D eigenvalue weighted by molar-refractivity contribution is 7.85. The molecular formula is C13H19ClN2OS2. The van der Waals surface area contributed by atoms with Gasteiger partial charge in [-0.25, -0.2) is 0 Å². The molecule has 0 aliphatic heterocycles. The lowest BCUT2D eigenvalue weighted by Crippen LogP contribution is -2.35. The van der Waals surface area contributed by atoms with Crippen LogP contribution >= 0.6 is 23.8 Å². The van der Waals surface area contributed by atoms with E-state index in [0.29, 0.717) is 15.9 Å². The molecular weight excluding hydrogens is 300 g/mol. The Kier molecular flexibility index (Phi) is 8.02. The first-order valence-corrected chi connectivity index (χ1v) is 8.39. The van der Waals surface area contributed by atoms with E-state index in [0.717, 1.165) is 30.8 Å². The van der Waals surface area contributed by atoms with Gasteiger partial charge in [-0.15, -0.1) is 0 Å². The standard InChI is InChI=1S/C13H19ClN2OS2/c1-2-15-13(18)16-9-3-4-10-19(17)12-7-5-11(14)6-8-12/h5-8H,2-4,9-10H2,1H3,(H2,15,16,18). The molecule has 1 atom stereocenters. The minimum absolute atomic E-state index is 0.664. The summed E-state index contributed by atoms with van der Waals surface area (Å²) in [7, 11) is -0.944. The van der Waals surface area contributed by atoms with E-state index in [9.17, 15) is 4.21 Å². The van der Waals surface area contributed by atoms with Gasteiger partial charge in [0.1, 0.15) is 0 Å². The molecule has 3 nitrogen and oxygen atoms in total. The average molecular weight is 319 g/mol. The number of hydrogen-bond acceptors (Lipinski definition) is 2. The highest BCUT2D eigenvalue weighted by Crippen LogP contribution is 2.13. The number of nitrogens with one attached hydrogen (secondary N) is 2. The number of unbranched alkanes of at least 4 members (excludes halogenated alkanes) is 1. The summed E-state index contributed by atoms with van der Waals surface area (Å²) in [6.07, 6.45) is 1.85. The van der Waals surface area contributed by atoms with E-state index in [1.165, 1.54) is 0 Å². The molecule has 0 aromatic heterocycles. The molecule has 1 aromatic carbocycles. The lowest BCUT2D eigenvalue weighted by atomic mass is 10.3. The maximum absolute atomic E-state index is 12.0. The van der Waals surface area contributed by atoms with Gasteiger partial charge in [-0.05, 0) is 56.2 Å². The van der Waals surface area contributed by atoms with Crippen molar-refractivity contribution >= 4 is 39.7 Å². The summed E-state index contributed by atoms with van der Waals surface area (Å²) in [6.45, 7) is 3.64. The number of rotatable bonds is 7. The van der Waals surface area contributed by atoms with Crippen molar-refractivity contribution in [3.8, 4) is 0 Å². The normalized spacial score (nSPS) is 11.9. The molecule has 6 heteroatoms. The maximum Gasteiger partial charge on any atom is 0.166 e. The van der Waals surface area contributed by atoms with Crippen LogP contribution in [0.25, 0.3) is 0 Å². The van der Waals surface area contributed by atoms with E-state index in [1.807, 2.05) is 19.1 Å². The van der Waals surface area contributed by atoms with Crippen LogP contribution in [-0.4, -0.2) is 28.2 Å². The van der Waals surface area contributed by atoms with Gasteiger partial charge in [0.25, 0.3) is 0 Å². The summed E-state index contributed by atoms with van der Waals surface area (Å²) in [6, 6.07) is 7.17. The Bertz CT molecular complexity index is 423. The smallest absolute Gasteiger partial charge is 0.166 e. The number of halogens is 1. The van der Waals surface area contributed by atoms with Crippen LogP contribution in [0, 0.1) is 0 Å². The number of benzene rings is 1. The minimum atomic E-state index is -0.944. The zero-order chi connectivity index (χ0) is 14.1. The van der Waals surface area contributed by atoms with Gasteiger partial charge in [0.2, 0.25) is 0 Å². The van der Waals surface area contributed by atoms with E-state index in [2.05, 4.69) is 10.6 Å². The lowest BCUT2D eigenvalue weighted by Gasteiger charge is -2.08. The van der Waals surface area contributed by atoms with Crippen molar-refractivity contribution in [1.82, 2.24) is 10.6 Å². The van der Waals surface area contributed by atoms with E-state index in [1.54, 1.807) is 12.1 Å². The summed E-state index contributed by atoms with van der Waals surface area (Å²) < 4.78 is 12.0. The van der Waals surface area contributed by atoms with Crippen LogP contribution < -0.4 is 10.6 Å². The SMILES string of the molecule is CCNC(=S)NCCCCS(=O)c1ccc(Cl)cc1. The van der Waals surface area contributed by atoms with Gasteiger partial charge in [0, 0.05) is 28.8 Å². The summed E-state index contributed by atoms with van der Waals surface area (Å²) in [4.78, 5) is 0.834. The second-order valence-electron chi connectivity index (χ2n) is 4.00. The van der Waals surface area contributed by atoms with Crippen molar-refractivity contribution < 1.29 is 4.21 Å². The quantitative estimate of drug-likeness (QED) is 0.599. The van der Waals surface area contributed by atoms with Gasteiger partial charge in [-0.1, -0.05) is 11.6 Å². The molecule has 0 aliphatic carbocycles. The molecule has 19 heavy (non-hydrogen) atoms. The van der Waals surface area contributed by atoms with Gasteiger partial charge in [-0.3, -0.25) is 4.21 Å². The summed E-state index contributed by atoms with van der Waals surface area (Å²) in [5.41, 5.74) is 0. The summed E-state index contributed by atoms with van der Waals surface area (Å²) in [5.74, 6) is 0.664. The molecule has 0 aliphatic rings. The lowest BCUT2D eigenvalue weighted by molar-refractivity contribution is 0.675. The third-order valence-corrected chi connectivity index (χ3v) is 4.45. The highest BCUT2D eigenvalue weighted by atomic mass is 35.5. The maximum atomic E-state index is 12.0. The first-order valence-electron chi connectivity index (χ1n) is 6.29. The molecule has 0 saturated carbocycles. The molecule has 1 rings (SSSR count). The van der Waals surface area contributed by atoms with Crippen molar-refractivity contribution in [2.75, 3.05) is 18.8 Å². The molecule has 0 amide bonds. The molecule has 2 N–H and O–H groups in total. The molecule has 1 aromatic rings. The van der Waals surface area contributed by atoms with Gasteiger partial charge in [0.15, 0.2) is 5.11 Å². The Morgan fingerprint density at radius 2 is 1.95 bits per heavy atom. The van der Waals surface area contributed by atoms with Gasteiger partial charge in [-0.2, -0.15) is 0 Å². The van der Waals surface area contributed by atoms with Crippen LogP contribution in [0.2, 0.25) is 5.02 Å². The van der Waals surface area contributed by atoms with Crippen molar-refractivity contribution in [2.24, 2.45) is 0 Å². The van der Waals surface area contributed by atoms with Gasteiger partial charge >= 0.3 is 0 Å². The van der Waals surface area contributed by atoms with Crippen LogP contribution in [-0.2, 0) is 10.8 Å². The third kappa shape index (κ3) is 6.89. The van der Waals surface area contributed by atoms with Crippen LogP contribution in [0.4, 0.5) is 0 Å². The van der Waals surface area contributed by atoms with Crippen LogP contribution in [0.5, 0.6) is 0 Å². The average Bonchev–Trinajstić information content (AvgIpc) is 2.39. The first-order chi connectivity index (χ1) is 9.13. The summed E-state index contributed by atoms with van der Waals surface area (Å²) >= 11 is 10.8. The molecule has 0 radical (unpaired) electrons.